The minimum absolute atomic E-state index is 0.0784. The maximum absolute atomic E-state index is 11.2. The number of thiophene rings is 1. The minimum Gasteiger partial charge on any atom is -0.355 e. The third-order valence-electron chi connectivity index (χ3n) is 1.56. The lowest BCUT2D eigenvalue weighted by Gasteiger charge is -2.01. The Morgan fingerprint density at radius 1 is 1.50 bits per heavy atom. The van der Waals surface area contributed by atoms with E-state index in [-0.39, 0.29) is 12.3 Å². The largest absolute Gasteiger partial charge is 0.355 e. The number of carbonyl (C=O) groups is 2. The summed E-state index contributed by atoms with van der Waals surface area (Å²) < 4.78 is 0. The van der Waals surface area contributed by atoms with Crippen molar-refractivity contribution in [1.82, 2.24) is 5.32 Å². The van der Waals surface area contributed by atoms with Crippen molar-refractivity contribution in [2.75, 3.05) is 6.54 Å². The molecule has 0 atom stereocenters. The first-order chi connectivity index (χ1) is 6.68. The Kier molecular flexibility index (Phi) is 4.62. The number of hydrogen-bond donors (Lipinski definition) is 1. The zero-order chi connectivity index (χ0) is 10.4. The van der Waals surface area contributed by atoms with Crippen molar-refractivity contribution in [3.63, 3.8) is 0 Å². The maximum Gasteiger partial charge on any atom is 0.225 e. The van der Waals surface area contributed by atoms with Crippen LogP contribution < -0.4 is 5.32 Å². The second-order valence-electron chi connectivity index (χ2n) is 2.71. The Morgan fingerprint density at radius 3 is 2.86 bits per heavy atom. The summed E-state index contributed by atoms with van der Waals surface area (Å²) in [5, 5.41) is 4.11. The maximum atomic E-state index is 11.2. The Hall–Kier alpha value is -0.870. The molecular weight excluding hydrogens is 222 g/mol. The topological polar surface area (TPSA) is 46.2 Å². The molecular formula is C9H10ClNO2S. The smallest absolute Gasteiger partial charge is 0.225 e. The summed E-state index contributed by atoms with van der Waals surface area (Å²) >= 11 is 6.65. The second-order valence-corrected chi connectivity index (χ2v) is 4.17. The van der Waals surface area contributed by atoms with Crippen LogP contribution in [-0.4, -0.2) is 17.7 Å². The van der Waals surface area contributed by atoms with Gasteiger partial charge in [0.25, 0.3) is 0 Å². The number of nitrogens with one attached hydrogen (secondary N) is 1. The van der Waals surface area contributed by atoms with E-state index >= 15 is 0 Å². The van der Waals surface area contributed by atoms with E-state index in [2.05, 4.69) is 5.32 Å². The molecule has 0 aliphatic carbocycles. The van der Waals surface area contributed by atoms with Crippen molar-refractivity contribution in [3.05, 3.63) is 22.4 Å². The predicted molar refractivity (Wildman–Crippen MR) is 56.5 cm³/mol. The molecule has 0 radical (unpaired) electrons. The Balaban J connectivity index is 2.20. The van der Waals surface area contributed by atoms with Crippen molar-refractivity contribution in [2.24, 2.45) is 0 Å². The monoisotopic (exact) mass is 231 g/mol. The fraction of sp³-hybridized carbons (Fsp3) is 0.333. The van der Waals surface area contributed by atoms with E-state index in [1.165, 1.54) is 11.3 Å². The van der Waals surface area contributed by atoms with Gasteiger partial charge < -0.3 is 5.32 Å². The van der Waals surface area contributed by atoms with Crippen molar-refractivity contribution >= 4 is 34.1 Å². The molecule has 0 unspecified atom stereocenters. The molecule has 1 aromatic heterocycles. The zero-order valence-electron chi connectivity index (χ0n) is 7.46. The molecule has 0 aliphatic heterocycles. The Bertz CT molecular complexity index is 311. The molecule has 76 valence electrons. The summed E-state index contributed by atoms with van der Waals surface area (Å²) in [7, 11) is 0. The van der Waals surface area contributed by atoms with E-state index < -0.39 is 5.24 Å². The molecule has 1 aromatic rings. The second kappa shape index (κ2) is 5.78. The van der Waals surface area contributed by atoms with E-state index in [1.54, 1.807) is 0 Å². The van der Waals surface area contributed by atoms with Crippen molar-refractivity contribution < 1.29 is 9.59 Å². The highest BCUT2D eigenvalue weighted by atomic mass is 35.5. The van der Waals surface area contributed by atoms with Gasteiger partial charge in [0.15, 0.2) is 0 Å². The normalized spacial score (nSPS) is 9.79. The highest BCUT2D eigenvalue weighted by molar-refractivity contribution is 7.10. The van der Waals surface area contributed by atoms with Gasteiger partial charge in [0, 0.05) is 17.8 Å². The lowest BCUT2D eigenvalue weighted by molar-refractivity contribution is -0.120. The summed E-state index contributed by atoms with van der Waals surface area (Å²) in [6, 6.07) is 3.80. The van der Waals surface area contributed by atoms with Gasteiger partial charge in [-0.05, 0) is 23.0 Å². The van der Waals surface area contributed by atoms with Crippen LogP contribution in [0.3, 0.4) is 0 Å². The standard InChI is InChI=1S/C9H10ClNO2S/c10-8(12)3-4-11-9(13)6-7-2-1-5-14-7/h1-2,5H,3-4,6H2,(H,11,13). The first-order valence-electron chi connectivity index (χ1n) is 4.16. The fourth-order valence-corrected chi connectivity index (χ4v) is 1.73. The number of hydrogen-bond acceptors (Lipinski definition) is 3. The summed E-state index contributed by atoms with van der Waals surface area (Å²) in [5.41, 5.74) is 0. The Morgan fingerprint density at radius 2 is 2.29 bits per heavy atom. The van der Waals surface area contributed by atoms with Gasteiger partial charge in [-0.15, -0.1) is 11.3 Å². The lowest BCUT2D eigenvalue weighted by Crippen LogP contribution is -2.26. The van der Waals surface area contributed by atoms with Gasteiger partial charge in [0.2, 0.25) is 11.1 Å². The lowest BCUT2D eigenvalue weighted by atomic mass is 10.3. The molecule has 0 aromatic carbocycles. The van der Waals surface area contributed by atoms with Crippen LogP contribution >= 0.6 is 22.9 Å². The van der Waals surface area contributed by atoms with Gasteiger partial charge in [-0.2, -0.15) is 0 Å². The average Bonchev–Trinajstić information content (AvgIpc) is 2.56. The molecule has 0 aliphatic rings. The molecule has 0 bridgehead atoms. The average molecular weight is 232 g/mol. The van der Waals surface area contributed by atoms with Crippen LogP contribution in [-0.2, 0) is 16.0 Å². The van der Waals surface area contributed by atoms with Gasteiger partial charge in [0.05, 0.1) is 6.42 Å². The van der Waals surface area contributed by atoms with Gasteiger partial charge in [-0.1, -0.05) is 6.07 Å². The van der Waals surface area contributed by atoms with Gasteiger partial charge in [0.1, 0.15) is 0 Å². The Labute approximate surface area is 91.1 Å². The van der Waals surface area contributed by atoms with Gasteiger partial charge in [-0.25, -0.2) is 0 Å². The molecule has 0 fully saturated rings. The summed E-state index contributed by atoms with van der Waals surface area (Å²) in [6.45, 7) is 0.312. The van der Waals surface area contributed by atoms with Crippen molar-refractivity contribution in [3.8, 4) is 0 Å². The molecule has 1 N–H and O–H groups in total. The molecule has 0 spiro atoms. The van der Waals surface area contributed by atoms with E-state index in [1.807, 2.05) is 17.5 Å². The molecule has 1 amide bonds. The van der Waals surface area contributed by atoms with Gasteiger partial charge >= 0.3 is 0 Å². The molecule has 1 heterocycles. The minimum atomic E-state index is -0.429. The highest BCUT2D eigenvalue weighted by Gasteiger charge is 2.04. The first kappa shape index (κ1) is 11.2. The number of halogens is 1. The molecule has 14 heavy (non-hydrogen) atoms. The van der Waals surface area contributed by atoms with E-state index in [0.717, 1.165) is 4.88 Å². The van der Waals surface area contributed by atoms with Crippen LogP contribution in [0.15, 0.2) is 17.5 Å². The van der Waals surface area contributed by atoms with Crippen LogP contribution in [0.4, 0.5) is 0 Å². The highest BCUT2D eigenvalue weighted by Crippen LogP contribution is 2.08. The van der Waals surface area contributed by atoms with Crippen LogP contribution in [0.25, 0.3) is 0 Å². The van der Waals surface area contributed by atoms with E-state index in [0.29, 0.717) is 13.0 Å². The predicted octanol–water partition coefficient (Wildman–Crippen LogP) is 1.56. The van der Waals surface area contributed by atoms with Crippen LogP contribution in [0.5, 0.6) is 0 Å². The summed E-state index contributed by atoms with van der Waals surface area (Å²) in [6.07, 6.45) is 0.547. The van der Waals surface area contributed by atoms with Gasteiger partial charge in [-0.3, -0.25) is 9.59 Å². The number of rotatable bonds is 5. The first-order valence-corrected chi connectivity index (χ1v) is 5.41. The van der Waals surface area contributed by atoms with E-state index in [4.69, 9.17) is 11.6 Å². The number of amides is 1. The van der Waals surface area contributed by atoms with Crippen LogP contribution in [0.1, 0.15) is 11.3 Å². The fourth-order valence-electron chi connectivity index (χ4n) is 0.934. The SMILES string of the molecule is O=C(Cl)CCNC(=O)Cc1cccs1. The summed E-state index contributed by atoms with van der Waals surface area (Å²) in [5.74, 6) is -0.0784. The molecule has 5 heteroatoms. The number of carbonyl (C=O) groups excluding carboxylic acids is 2. The van der Waals surface area contributed by atoms with Crippen LogP contribution in [0, 0.1) is 0 Å². The quantitative estimate of drug-likeness (QED) is 0.782. The third-order valence-corrected chi connectivity index (χ3v) is 2.62. The molecule has 0 saturated heterocycles. The third kappa shape index (κ3) is 4.39. The molecule has 0 saturated carbocycles. The summed E-state index contributed by atoms with van der Waals surface area (Å²) in [4.78, 5) is 22.6. The van der Waals surface area contributed by atoms with Crippen molar-refractivity contribution in [2.45, 2.75) is 12.8 Å². The zero-order valence-corrected chi connectivity index (χ0v) is 9.03. The van der Waals surface area contributed by atoms with Crippen molar-refractivity contribution in [1.29, 1.82) is 0 Å². The van der Waals surface area contributed by atoms with Crippen LogP contribution in [0.2, 0.25) is 0 Å². The van der Waals surface area contributed by atoms with E-state index in [9.17, 15) is 9.59 Å². The molecule has 1 rings (SSSR count). The molecule has 3 nitrogen and oxygen atoms in total.